The Kier molecular flexibility index (Phi) is 7.11. The molecule has 1 rings (SSSR count). The molecule has 0 saturated heterocycles. The van der Waals surface area contributed by atoms with Gasteiger partial charge in [-0.2, -0.15) is 0 Å². The van der Waals surface area contributed by atoms with Crippen molar-refractivity contribution in [1.82, 2.24) is 0 Å². The highest BCUT2D eigenvalue weighted by Crippen LogP contribution is 2.33. The fourth-order valence-corrected chi connectivity index (χ4v) is 3.40. The van der Waals surface area contributed by atoms with E-state index in [1.807, 2.05) is 0 Å². The zero-order chi connectivity index (χ0) is 11.8. The second-order valence-electron chi connectivity index (χ2n) is 5.72. The van der Waals surface area contributed by atoms with Gasteiger partial charge >= 0.3 is 0 Å². The minimum atomic E-state index is 0.489. The molecule has 0 aromatic rings. The number of rotatable bonds is 4. The highest BCUT2D eigenvalue weighted by Gasteiger charge is 2.21. The lowest BCUT2D eigenvalue weighted by molar-refractivity contribution is 0.255. The van der Waals surface area contributed by atoms with Gasteiger partial charge in [0.25, 0.3) is 0 Å². The molecule has 96 valence electrons. The first kappa shape index (κ1) is 14.0. The number of hydrogen-bond acceptors (Lipinski definition) is 1. The normalized spacial score (nSPS) is 32.8. The molecule has 0 bridgehead atoms. The summed E-state index contributed by atoms with van der Waals surface area (Å²) in [5.41, 5.74) is 6.11. The van der Waals surface area contributed by atoms with Crippen LogP contribution in [-0.4, -0.2) is 6.04 Å². The zero-order valence-corrected chi connectivity index (χ0v) is 11.4. The molecule has 0 amide bonds. The Morgan fingerprint density at radius 3 is 1.62 bits per heavy atom. The third-order valence-electron chi connectivity index (χ3n) is 4.29. The van der Waals surface area contributed by atoms with Gasteiger partial charge in [0.15, 0.2) is 0 Å². The largest absolute Gasteiger partial charge is 0.328 e. The predicted molar refractivity (Wildman–Crippen MR) is 72.5 cm³/mol. The fraction of sp³-hybridized carbons (Fsp3) is 1.00. The summed E-state index contributed by atoms with van der Waals surface area (Å²) in [6.45, 7) is 4.67. The van der Waals surface area contributed by atoms with Crippen molar-refractivity contribution in [3.05, 3.63) is 0 Å². The van der Waals surface area contributed by atoms with E-state index in [9.17, 15) is 0 Å². The predicted octanol–water partition coefficient (Wildman–Crippen LogP) is 4.50. The Morgan fingerprint density at radius 2 is 1.25 bits per heavy atom. The molecule has 16 heavy (non-hydrogen) atoms. The second-order valence-corrected chi connectivity index (χ2v) is 5.72. The molecular weight excluding hydrogens is 194 g/mol. The van der Waals surface area contributed by atoms with Gasteiger partial charge in [-0.1, -0.05) is 65.2 Å². The summed E-state index contributed by atoms with van der Waals surface area (Å²) in [6.07, 6.45) is 13.7. The summed E-state index contributed by atoms with van der Waals surface area (Å²) >= 11 is 0. The molecule has 0 aliphatic heterocycles. The highest BCUT2D eigenvalue weighted by atomic mass is 14.6. The van der Waals surface area contributed by atoms with E-state index in [1.165, 1.54) is 64.2 Å². The Morgan fingerprint density at radius 1 is 0.812 bits per heavy atom. The van der Waals surface area contributed by atoms with Crippen molar-refractivity contribution in [1.29, 1.82) is 0 Å². The maximum absolute atomic E-state index is 6.11. The lowest BCUT2D eigenvalue weighted by Crippen LogP contribution is -2.18. The van der Waals surface area contributed by atoms with Crippen molar-refractivity contribution >= 4 is 0 Å². The van der Waals surface area contributed by atoms with Gasteiger partial charge < -0.3 is 5.73 Å². The van der Waals surface area contributed by atoms with Gasteiger partial charge in [-0.05, 0) is 24.7 Å². The van der Waals surface area contributed by atoms with Crippen LogP contribution in [0.1, 0.15) is 78.1 Å². The number of hydrogen-bond donors (Lipinski definition) is 1. The molecule has 1 aliphatic carbocycles. The fourth-order valence-electron chi connectivity index (χ4n) is 3.40. The van der Waals surface area contributed by atoms with Crippen molar-refractivity contribution in [3.8, 4) is 0 Å². The summed E-state index contributed by atoms with van der Waals surface area (Å²) in [5.74, 6) is 1.99. The van der Waals surface area contributed by atoms with Gasteiger partial charge in [-0.25, -0.2) is 0 Å². The van der Waals surface area contributed by atoms with E-state index in [4.69, 9.17) is 5.73 Å². The van der Waals surface area contributed by atoms with Crippen LogP contribution in [0.2, 0.25) is 0 Å². The molecule has 0 heterocycles. The van der Waals surface area contributed by atoms with Gasteiger partial charge in [0.2, 0.25) is 0 Å². The topological polar surface area (TPSA) is 26.0 Å². The third kappa shape index (κ3) is 4.86. The maximum atomic E-state index is 6.11. The van der Waals surface area contributed by atoms with Crippen LogP contribution < -0.4 is 5.73 Å². The van der Waals surface area contributed by atoms with Crippen molar-refractivity contribution in [3.63, 3.8) is 0 Å². The van der Waals surface area contributed by atoms with Crippen LogP contribution in [0.3, 0.4) is 0 Å². The minimum Gasteiger partial charge on any atom is -0.328 e. The summed E-state index contributed by atoms with van der Waals surface area (Å²) < 4.78 is 0. The van der Waals surface area contributed by atoms with E-state index >= 15 is 0 Å². The van der Waals surface area contributed by atoms with Crippen molar-refractivity contribution in [2.75, 3.05) is 0 Å². The molecule has 0 aromatic heterocycles. The van der Waals surface area contributed by atoms with E-state index in [2.05, 4.69) is 13.8 Å². The molecule has 2 N–H and O–H groups in total. The third-order valence-corrected chi connectivity index (χ3v) is 4.29. The molecule has 1 saturated carbocycles. The maximum Gasteiger partial charge on any atom is 0.00388 e. The first-order valence-corrected chi connectivity index (χ1v) is 7.53. The lowest BCUT2D eigenvalue weighted by atomic mass is 9.80. The van der Waals surface area contributed by atoms with Crippen LogP contribution in [-0.2, 0) is 0 Å². The molecule has 0 spiro atoms. The Balaban J connectivity index is 2.51. The molecule has 1 heteroatoms. The quantitative estimate of drug-likeness (QED) is 0.749. The van der Waals surface area contributed by atoms with Crippen molar-refractivity contribution in [2.24, 2.45) is 17.6 Å². The van der Waals surface area contributed by atoms with Crippen LogP contribution in [0.25, 0.3) is 0 Å². The monoisotopic (exact) mass is 225 g/mol. The van der Waals surface area contributed by atoms with E-state index in [-0.39, 0.29) is 0 Å². The van der Waals surface area contributed by atoms with E-state index in [0.717, 1.165) is 11.8 Å². The van der Waals surface area contributed by atoms with E-state index in [0.29, 0.717) is 6.04 Å². The first-order chi connectivity index (χ1) is 7.77. The summed E-state index contributed by atoms with van der Waals surface area (Å²) in [6, 6.07) is 0.489. The Labute approximate surface area is 102 Å². The summed E-state index contributed by atoms with van der Waals surface area (Å²) in [5, 5.41) is 0. The lowest BCUT2D eigenvalue weighted by Gasteiger charge is -2.26. The average molecular weight is 225 g/mol. The molecule has 0 radical (unpaired) electrons. The molecule has 1 aliphatic rings. The van der Waals surface area contributed by atoms with Gasteiger partial charge in [0.1, 0.15) is 0 Å². The van der Waals surface area contributed by atoms with Crippen LogP contribution in [0.4, 0.5) is 0 Å². The highest BCUT2D eigenvalue weighted by molar-refractivity contribution is 4.75. The van der Waals surface area contributed by atoms with Crippen LogP contribution in [0.5, 0.6) is 0 Å². The van der Waals surface area contributed by atoms with Crippen molar-refractivity contribution in [2.45, 2.75) is 84.1 Å². The van der Waals surface area contributed by atoms with Gasteiger partial charge in [-0.15, -0.1) is 0 Å². The zero-order valence-electron chi connectivity index (χ0n) is 11.4. The molecule has 1 nitrogen and oxygen atoms in total. The second kappa shape index (κ2) is 8.11. The molecule has 2 atom stereocenters. The van der Waals surface area contributed by atoms with Crippen LogP contribution >= 0.6 is 0 Å². The minimum absolute atomic E-state index is 0.489. The average Bonchev–Trinajstić information content (AvgIpc) is 2.33. The van der Waals surface area contributed by atoms with E-state index < -0.39 is 0 Å². The summed E-state index contributed by atoms with van der Waals surface area (Å²) in [4.78, 5) is 0. The standard InChI is InChI=1S/C15H31N/c1-3-7-13-9-5-11-15(16)12-6-10-14(13)8-4-2/h13-15H,3-12,16H2,1-2H3. The van der Waals surface area contributed by atoms with Gasteiger partial charge in [-0.3, -0.25) is 0 Å². The van der Waals surface area contributed by atoms with Crippen LogP contribution in [0, 0.1) is 11.8 Å². The Bertz CT molecular complexity index is 149. The van der Waals surface area contributed by atoms with Crippen molar-refractivity contribution < 1.29 is 0 Å². The number of nitrogens with two attached hydrogens (primary N) is 1. The molecule has 1 fully saturated rings. The summed E-state index contributed by atoms with van der Waals surface area (Å²) in [7, 11) is 0. The first-order valence-electron chi connectivity index (χ1n) is 7.53. The molecule has 0 aromatic carbocycles. The molecule has 2 unspecified atom stereocenters. The van der Waals surface area contributed by atoms with Crippen LogP contribution in [0.15, 0.2) is 0 Å². The SMILES string of the molecule is CCCC1CCCC(N)CCCC1CCC. The molecular formula is C15H31N. The van der Waals surface area contributed by atoms with Gasteiger partial charge in [0.05, 0.1) is 0 Å². The Hall–Kier alpha value is -0.0400. The smallest absolute Gasteiger partial charge is 0.00388 e. The van der Waals surface area contributed by atoms with Gasteiger partial charge in [0, 0.05) is 6.04 Å². The van der Waals surface area contributed by atoms with E-state index in [1.54, 1.807) is 0 Å².